The Morgan fingerprint density at radius 2 is 1.77 bits per heavy atom. The van der Waals surface area contributed by atoms with Crippen LogP contribution in [0.25, 0.3) is 0 Å². The summed E-state index contributed by atoms with van der Waals surface area (Å²) in [7, 11) is -3.41. The lowest BCUT2D eigenvalue weighted by Gasteiger charge is -2.35. The fourth-order valence-electron chi connectivity index (χ4n) is 2.42. The smallest absolute Gasteiger partial charge is 0.252 e. The highest BCUT2D eigenvalue weighted by Crippen LogP contribution is 2.26. The topological polar surface area (TPSA) is 57.7 Å². The molecule has 0 bridgehead atoms. The summed E-state index contributed by atoms with van der Waals surface area (Å²) in [5.74, 6) is 0.108. The number of carbonyl (C=O) groups excluding carboxylic acids is 1. The minimum absolute atomic E-state index is 0.0468. The van der Waals surface area contributed by atoms with Crippen LogP contribution in [-0.4, -0.2) is 49.7 Å². The van der Waals surface area contributed by atoms with Gasteiger partial charge in [-0.05, 0) is 24.5 Å². The van der Waals surface area contributed by atoms with Crippen molar-refractivity contribution in [2.45, 2.75) is 38.3 Å². The molecule has 0 radical (unpaired) electrons. The van der Waals surface area contributed by atoms with Gasteiger partial charge in [-0.2, -0.15) is 4.31 Å². The summed E-state index contributed by atoms with van der Waals surface area (Å²) in [5.41, 5.74) is -0.0468. The standard InChI is InChI=1S/C15H24N2O3S2/c1-12-5-6-14(21-12)22(19,20)17-9-7-16(8-10-17)13(18)11-15(2,3)4/h5-6H,7-11H2,1-4H3. The van der Waals surface area contributed by atoms with E-state index in [2.05, 4.69) is 0 Å². The quantitative estimate of drug-likeness (QED) is 0.845. The third kappa shape index (κ3) is 4.08. The summed E-state index contributed by atoms with van der Waals surface area (Å²) in [6.07, 6.45) is 0.490. The second-order valence-corrected chi connectivity index (χ2v) is 10.3. The molecule has 0 N–H and O–H groups in total. The van der Waals surface area contributed by atoms with Crippen molar-refractivity contribution in [1.82, 2.24) is 9.21 Å². The number of hydrogen-bond donors (Lipinski definition) is 0. The fourth-order valence-corrected chi connectivity index (χ4v) is 5.28. The molecule has 1 saturated heterocycles. The molecule has 0 unspecified atom stereocenters. The largest absolute Gasteiger partial charge is 0.340 e. The molecule has 2 heterocycles. The van der Waals surface area contributed by atoms with Gasteiger partial charge in [0.25, 0.3) is 10.0 Å². The fraction of sp³-hybridized carbons (Fsp3) is 0.667. The maximum atomic E-state index is 12.5. The van der Waals surface area contributed by atoms with Crippen LogP contribution in [-0.2, 0) is 14.8 Å². The number of hydrogen-bond acceptors (Lipinski definition) is 4. The minimum Gasteiger partial charge on any atom is -0.340 e. The first-order valence-corrected chi connectivity index (χ1v) is 9.70. The third-order valence-electron chi connectivity index (χ3n) is 3.58. The van der Waals surface area contributed by atoms with Gasteiger partial charge in [-0.25, -0.2) is 8.42 Å². The molecule has 124 valence electrons. The molecule has 1 aromatic rings. The number of rotatable bonds is 3. The molecule has 0 spiro atoms. The number of aryl methyl sites for hydroxylation is 1. The molecule has 1 aliphatic heterocycles. The number of sulfonamides is 1. The van der Waals surface area contributed by atoms with Crippen LogP contribution in [0, 0.1) is 12.3 Å². The van der Waals surface area contributed by atoms with Gasteiger partial charge in [-0.1, -0.05) is 20.8 Å². The molecule has 5 nitrogen and oxygen atoms in total. The van der Waals surface area contributed by atoms with E-state index in [1.807, 2.05) is 33.8 Å². The van der Waals surface area contributed by atoms with Crippen LogP contribution in [0.3, 0.4) is 0 Å². The van der Waals surface area contributed by atoms with Crippen molar-refractivity contribution in [3.05, 3.63) is 17.0 Å². The van der Waals surface area contributed by atoms with Crippen LogP contribution < -0.4 is 0 Å². The van der Waals surface area contributed by atoms with Crippen molar-refractivity contribution in [3.8, 4) is 0 Å². The maximum absolute atomic E-state index is 12.5. The maximum Gasteiger partial charge on any atom is 0.252 e. The van der Waals surface area contributed by atoms with E-state index in [-0.39, 0.29) is 11.3 Å². The number of carbonyl (C=O) groups is 1. The average molecular weight is 345 g/mol. The Kier molecular flexibility index (Phi) is 4.99. The lowest BCUT2D eigenvalue weighted by atomic mass is 9.91. The van der Waals surface area contributed by atoms with Gasteiger partial charge in [0.15, 0.2) is 0 Å². The van der Waals surface area contributed by atoms with Crippen molar-refractivity contribution in [2.75, 3.05) is 26.2 Å². The van der Waals surface area contributed by atoms with Crippen LogP contribution in [0.2, 0.25) is 0 Å². The predicted molar refractivity (Wildman–Crippen MR) is 88.5 cm³/mol. The van der Waals surface area contributed by atoms with Gasteiger partial charge in [0.05, 0.1) is 0 Å². The Labute approximate surface area is 137 Å². The van der Waals surface area contributed by atoms with Crippen LogP contribution in [0.15, 0.2) is 16.3 Å². The van der Waals surface area contributed by atoms with Gasteiger partial charge < -0.3 is 4.90 Å². The van der Waals surface area contributed by atoms with Crippen molar-refractivity contribution in [1.29, 1.82) is 0 Å². The van der Waals surface area contributed by atoms with Crippen molar-refractivity contribution in [2.24, 2.45) is 5.41 Å². The van der Waals surface area contributed by atoms with Crippen LogP contribution >= 0.6 is 11.3 Å². The van der Waals surface area contributed by atoms with Gasteiger partial charge >= 0.3 is 0 Å². The van der Waals surface area contributed by atoms with Gasteiger partial charge in [0, 0.05) is 37.5 Å². The zero-order valence-electron chi connectivity index (χ0n) is 13.6. The van der Waals surface area contributed by atoms with Gasteiger partial charge in [-0.3, -0.25) is 4.79 Å². The highest BCUT2D eigenvalue weighted by Gasteiger charge is 2.31. The minimum atomic E-state index is -3.41. The molecular formula is C15H24N2O3S2. The lowest BCUT2D eigenvalue weighted by molar-refractivity contribution is -0.134. The third-order valence-corrected chi connectivity index (χ3v) is 6.95. The molecular weight excluding hydrogens is 320 g/mol. The summed E-state index contributed by atoms with van der Waals surface area (Å²) in [5, 5.41) is 0. The lowest BCUT2D eigenvalue weighted by Crippen LogP contribution is -2.50. The summed E-state index contributed by atoms with van der Waals surface area (Å²) in [6, 6.07) is 3.48. The molecule has 0 aromatic carbocycles. The molecule has 0 saturated carbocycles. The van der Waals surface area contributed by atoms with Crippen molar-refractivity contribution < 1.29 is 13.2 Å². The van der Waals surface area contributed by atoms with Crippen LogP contribution in [0.1, 0.15) is 32.1 Å². The first kappa shape index (κ1) is 17.4. The summed E-state index contributed by atoms with van der Waals surface area (Å²) in [4.78, 5) is 15.0. The summed E-state index contributed by atoms with van der Waals surface area (Å²) in [6.45, 7) is 9.67. The summed E-state index contributed by atoms with van der Waals surface area (Å²) < 4.78 is 27.0. The molecule has 1 aliphatic rings. The molecule has 22 heavy (non-hydrogen) atoms. The van der Waals surface area contributed by atoms with E-state index in [9.17, 15) is 13.2 Å². The number of thiophene rings is 1. The molecule has 7 heteroatoms. The summed E-state index contributed by atoms with van der Waals surface area (Å²) >= 11 is 1.29. The van der Waals surface area contributed by atoms with Crippen LogP contribution in [0.4, 0.5) is 0 Å². The zero-order valence-corrected chi connectivity index (χ0v) is 15.3. The van der Waals surface area contributed by atoms with E-state index in [0.29, 0.717) is 36.8 Å². The van der Waals surface area contributed by atoms with Crippen molar-refractivity contribution >= 4 is 27.3 Å². The van der Waals surface area contributed by atoms with E-state index >= 15 is 0 Å². The van der Waals surface area contributed by atoms with E-state index < -0.39 is 10.0 Å². The van der Waals surface area contributed by atoms with E-state index in [1.54, 1.807) is 11.0 Å². The molecule has 0 aliphatic carbocycles. The van der Waals surface area contributed by atoms with E-state index in [4.69, 9.17) is 0 Å². The second-order valence-electron chi connectivity index (χ2n) is 6.89. The van der Waals surface area contributed by atoms with Gasteiger partial charge in [0.2, 0.25) is 5.91 Å². The second kappa shape index (κ2) is 6.29. The number of nitrogens with zero attached hydrogens (tertiary/aromatic N) is 2. The zero-order chi connectivity index (χ0) is 16.5. The van der Waals surface area contributed by atoms with Gasteiger partial charge in [-0.15, -0.1) is 11.3 Å². The Balaban J connectivity index is 1.99. The van der Waals surface area contributed by atoms with Gasteiger partial charge in [0.1, 0.15) is 4.21 Å². The average Bonchev–Trinajstić information content (AvgIpc) is 2.84. The molecule has 0 atom stereocenters. The normalized spacial score (nSPS) is 17.7. The highest BCUT2D eigenvalue weighted by molar-refractivity contribution is 7.91. The number of amides is 1. The van der Waals surface area contributed by atoms with Crippen molar-refractivity contribution in [3.63, 3.8) is 0 Å². The number of piperazine rings is 1. The Morgan fingerprint density at radius 1 is 1.18 bits per heavy atom. The predicted octanol–water partition coefficient (Wildman–Crippen LogP) is 2.33. The monoisotopic (exact) mass is 344 g/mol. The SMILES string of the molecule is Cc1ccc(S(=O)(=O)N2CCN(C(=O)CC(C)(C)C)CC2)s1. The van der Waals surface area contributed by atoms with Crippen LogP contribution in [0.5, 0.6) is 0 Å². The Hall–Kier alpha value is -0.920. The van der Waals surface area contributed by atoms with E-state index in [0.717, 1.165) is 4.88 Å². The molecule has 1 amide bonds. The first-order valence-electron chi connectivity index (χ1n) is 7.44. The molecule has 1 fully saturated rings. The molecule has 1 aromatic heterocycles. The van der Waals surface area contributed by atoms with E-state index in [1.165, 1.54) is 15.6 Å². The first-order chi connectivity index (χ1) is 10.1. The Morgan fingerprint density at radius 3 is 2.23 bits per heavy atom. The Bertz CT molecular complexity index is 636. The molecule has 2 rings (SSSR count). The highest BCUT2D eigenvalue weighted by atomic mass is 32.2.